The zero-order valence-electron chi connectivity index (χ0n) is 15.3. The van der Waals surface area contributed by atoms with Crippen molar-refractivity contribution in [3.63, 3.8) is 0 Å². The largest absolute Gasteiger partial charge is 0.497 e. The number of aromatic nitrogens is 3. The summed E-state index contributed by atoms with van der Waals surface area (Å²) in [6.45, 7) is 0. The number of nitrogens with one attached hydrogen (secondary N) is 1. The number of nitrogens with zero attached hydrogens (tertiary/aromatic N) is 3. The van der Waals surface area contributed by atoms with Gasteiger partial charge in [-0.15, -0.1) is 10.2 Å². The number of anilines is 1. The fourth-order valence-electron chi connectivity index (χ4n) is 2.71. The minimum atomic E-state index is -0.255. The maximum atomic E-state index is 12.5. The standard InChI is InChI=1S/C21H15BrN4O3/c1-28-14-6-7-17(22)16(12-14)21-26-25-20(29-21)15-4-2-3-5-18(15)24-19(27)13-8-10-23-11-9-13/h2-12H,1H3,(H,24,27). The van der Waals surface area contributed by atoms with Gasteiger partial charge in [-0.25, -0.2) is 0 Å². The number of hydrogen-bond donors (Lipinski definition) is 1. The normalized spacial score (nSPS) is 10.6. The van der Waals surface area contributed by atoms with Crippen LogP contribution in [0.1, 0.15) is 10.4 Å². The summed E-state index contributed by atoms with van der Waals surface area (Å²) in [6.07, 6.45) is 3.13. The Bertz CT molecular complexity index is 1160. The smallest absolute Gasteiger partial charge is 0.255 e. The third kappa shape index (κ3) is 4.02. The third-order valence-electron chi connectivity index (χ3n) is 4.18. The predicted molar refractivity (Wildman–Crippen MR) is 112 cm³/mol. The topological polar surface area (TPSA) is 90.1 Å². The molecule has 4 aromatic rings. The Balaban J connectivity index is 1.66. The zero-order valence-corrected chi connectivity index (χ0v) is 16.9. The maximum absolute atomic E-state index is 12.5. The lowest BCUT2D eigenvalue weighted by Crippen LogP contribution is -2.12. The van der Waals surface area contributed by atoms with Gasteiger partial charge < -0.3 is 14.5 Å². The van der Waals surface area contributed by atoms with Crippen molar-refractivity contribution in [1.29, 1.82) is 0 Å². The number of carbonyl (C=O) groups is 1. The molecule has 1 N–H and O–H groups in total. The molecule has 29 heavy (non-hydrogen) atoms. The molecule has 8 heteroatoms. The molecule has 0 aliphatic heterocycles. The Kier molecular flexibility index (Phi) is 5.35. The van der Waals surface area contributed by atoms with Crippen LogP contribution < -0.4 is 10.1 Å². The molecule has 0 saturated carbocycles. The fraction of sp³-hybridized carbons (Fsp3) is 0.0476. The fourth-order valence-corrected chi connectivity index (χ4v) is 3.13. The first-order chi connectivity index (χ1) is 14.2. The number of methoxy groups -OCH3 is 1. The number of halogens is 1. The van der Waals surface area contributed by atoms with Gasteiger partial charge in [0.05, 0.1) is 23.9 Å². The van der Waals surface area contributed by atoms with Crippen LogP contribution in [0.25, 0.3) is 22.9 Å². The molecule has 0 fully saturated rings. The van der Waals surface area contributed by atoms with E-state index in [1.54, 1.807) is 49.8 Å². The van der Waals surface area contributed by atoms with Crippen molar-refractivity contribution in [1.82, 2.24) is 15.2 Å². The molecule has 0 bridgehead atoms. The first-order valence-electron chi connectivity index (χ1n) is 8.64. The minimum absolute atomic E-state index is 0.255. The summed E-state index contributed by atoms with van der Waals surface area (Å²) in [4.78, 5) is 16.4. The van der Waals surface area contributed by atoms with Crippen LogP contribution >= 0.6 is 15.9 Å². The molecule has 0 aliphatic rings. The predicted octanol–water partition coefficient (Wildman–Crippen LogP) is 4.82. The first kappa shape index (κ1) is 18.8. The number of amides is 1. The van der Waals surface area contributed by atoms with Gasteiger partial charge in [-0.1, -0.05) is 12.1 Å². The summed E-state index contributed by atoms with van der Waals surface area (Å²) in [7, 11) is 1.59. The van der Waals surface area contributed by atoms with E-state index in [-0.39, 0.29) is 5.91 Å². The second-order valence-electron chi connectivity index (χ2n) is 5.99. The maximum Gasteiger partial charge on any atom is 0.255 e. The van der Waals surface area contributed by atoms with Crippen molar-refractivity contribution in [2.24, 2.45) is 0 Å². The Morgan fingerprint density at radius 2 is 1.72 bits per heavy atom. The monoisotopic (exact) mass is 450 g/mol. The van der Waals surface area contributed by atoms with Gasteiger partial charge in [0.25, 0.3) is 5.91 Å². The molecule has 0 unspecified atom stereocenters. The number of carbonyl (C=O) groups excluding carboxylic acids is 1. The molecule has 0 atom stereocenters. The average molecular weight is 451 g/mol. The van der Waals surface area contributed by atoms with Crippen molar-refractivity contribution in [3.05, 3.63) is 77.0 Å². The van der Waals surface area contributed by atoms with Gasteiger partial charge in [0.15, 0.2) is 0 Å². The van der Waals surface area contributed by atoms with Gasteiger partial charge in [0.1, 0.15) is 5.75 Å². The van der Waals surface area contributed by atoms with Gasteiger partial charge in [0.2, 0.25) is 11.8 Å². The highest BCUT2D eigenvalue weighted by atomic mass is 79.9. The van der Waals surface area contributed by atoms with Gasteiger partial charge in [-0.2, -0.15) is 0 Å². The summed E-state index contributed by atoms with van der Waals surface area (Å²) < 4.78 is 12.0. The molecule has 2 heterocycles. The molecule has 0 radical (unpaired) electrons. The molecule has 7 nitrogen and oxygen atoms in total. The second-order valence-corrected chi connectivity index (χ2v) is 6.85. The molecular formula is C21H15BrN4O3. The Labute approximate surface area is 174 Å². The van der Waals surface area contributed by atoms with Crippen LogP contribution in [0.3, 0.4) is 0 Å². The van der Waals surface area contributed by atoms with E-state index in [0.717, 1.165) is 4.47 Å². The van der Waals surface area contributed by atoms with E-state index in [1.165, 1.54) is 0 Å². The van der Waals surface area contributed by atoms with Gasteiger partial charge >= 0.3 is 0 Å². The SMILES string of the molecule is COc1ccc(Br)c(-c2nnc(-c3ccccc3NC(=O)c3ccncc3)o2)c1. The average Bonchev–Trinajstić information content (AvgIpc) is 3.25. The summed E-state index contributed by atoms with van der Waals surface area (Å²) in [5.74, 6) is 1.05. The van der Waals surface area contributed by atoms with Gasteiger partial charge in [0, 0.05) is 22.4 Å². The Morgan fingerprint density at radius 3 is 2.48 bits per heavy atom. The zero-order chi connectivity index (χ0) is 20.2. The first-order valence-corrected chi connectivity index (χ1v) is 9.43. The highest BCUT2D eigenvalue weighted by molar-refractivity contribution is 9.10. The second kappa shape index (κ2) is 8.24. The van der Waals surface area contributed by atoms with Gasteiger partial charge in [-0.05, 0) is 58.4 Å². The van der Waals surface area contributed by atoms with Crippen LogP contribution in [0.2, 0.25) is 0 Å². The van der Waals surface area contributed by atoms with Crippen molar-refractivity contribution in [2.45, 2.75) is 0 Å². The van der Waals surface area contributed by atoms with Crippen LogP contribution in [0, 0.1) is 0 Å². The van der Waals surface area contributed by atoms with Crippen LogP contribution in [0.15, 0.2) is 75.9 Å². The van der Waals surface area contributed by atoms with Crippen molar-refractivity contribution in [2.75, 3.05) is 12.4 Å². The van der Waals surface area contributed by atoms with Crippen LogP contribution in [-0.2, 0) is 0 Å². The molecule has 4 rings (SSSR count). The quantitative estimate of drug-likeness (QED) is 0.468. The minimum Gasteiger partial charge on any atom is -0.497 e. The summed E-state index contributed by atoms with van der Waals surface area (Å²) in [5.41, 5.74) is 2.39. The molecule has 0 saturated heterocycles. The van der Waals surface area contributed by atoms with E-state index in [4.69, 9.17) is 9.15 Å². The lowest BCUT2D eigenvalue weighted by Gasteiger charge is -2.08. The Morgan fingerprint density at radius 1 is 1.00 bits per heavy atom. The van der Waals surface area contributed by atoms with Gasteiger partial charge in [-0.3, -0.25) is 9.78 Å². The molecule has 0 spiro atoms. The van der Waals surface area contributed by atoms with E-state index < -0.39 is 0 Å². The molecule has 2 aromatic heterocycles. The Hall–Kier alpha value is -3.52. The summed E-state index contributed by atoms with van der Waals surface area (Å²) in [6, 6.07) is 16.0. The van der Waals surface area contributed by atoms with Crippen molar-refractivity contribution < 1.29 is 13.9 Å². The van der Waals surface area contributed by atoms with E-state index in [2.05, 4.69) is 36.4 Å². The van der Waals surface area contributed by atoms with Crippen molar-refractivity contribution in [3.8, 4) is 28.7 Å². The van der Waals surface area contributed by atoms with E-state index in [0.29, 0.717) is 39.9 Å². The van der Waals surface area contributed by atoms with Crippen molar-refractivity contribution >= 4 is 27.5 Å². The summed E-state index contributed by atoms with van der Waals surface area (Å²) in [5, 5.41) is 11.2. The van der Waals surface area contributed by atoms with Crippen LogP contribution in [0.4, 0.5) is 5.69 Å². The third-order valence-corrected chi connectivity index (χ3v) is 4.87. The lowest BCUT2D eigenvalue weighted by molar-refractivity contribution is 0.102. The van der Waals surface area contributed by atoms with E-state index >= 15 is 0 Å². The number of rotatable bonds is 5. The van der Waals surface area contributed by atoms with Crippen LogP contribution in [-0.4, -0.2) is 28.2 Å². The highest BCUT2D eigenvalue weighted by Gasteiger charge is 2.17. The lowest BCUT2D eigenvalue weighted by atomic mass is 10.1. The highest BCUT2D eigenvalue weighted by Crippen LogP contribution is 2.34. The molecular weight excluding hydrogens is 436 g/mol. The molecule has 2 aromatic carbocycles. The van der Waals surface area contributed by atoms with Crippen LogP contribution in [0.5, 0.6) is 5.75 Å². The molecule has 144 valence electrons. The molecule has 0 aliphatic carbocycles. The van der Waals surface area contributed by atoms with E-state index in [9.17, 15) is 4.79 Å². The summed E-state index contributed by atoms with van der Waals surface area (Å²) >= 11 is 3.49. The number of ether oxygens (including phenoxy) is 1. The number of pyridine rings is 1. The number of para-hydroxylation sites is 1. The van der Waals surface area contributed by atoms with E-state index in [1.807, 2.05) is 24.3 Å². The number of benzene rings is 2. The number of hydrogen-bond acceptors (Lipinski definition) is 6. The molecule has 1 amide bonds.